The van der Waals surface area contributed by atoms with Crippen molar-refractivity contribution < 1.29 is 23.6 Å². The predicted molar refractivity (Wildman–Crippen MR) is 68.6 cm³/mol. The molecule has 2 rings (SSSR count). The molecule has 0 amide bonds. The number of hydrogen-bond acceptors (Lipinski definition) is 6. The van der Waals surface area contributed by atoms with Crippen LogP contribution in [0.3, 0.4) is 0 Å². The number of rotatable bonds is 3. The highest BCUT2D eigenvalue weighted by Gasteiger charge is 2.38. The molecule has 20 heavy (non-hydrogen) atoms. The van der Waals surface area contributed by atoms with E-state index in [0.717, 1.165) is 10.4 Å². The van der Waals surface area contributed by atoms with E-state index in [-0.39, 0.29) is 23.7 Å². The van der Waals surface area contributed by atoms with Gasteiger partial charge in [-0.05, 0) is 13.0 Å². The minimum atomic E-state index is -3.97. The summed E-state index contributed by atoms with van der Waals surface area (Å²) in [6.07, 6.45) is -2.30. The lowest BCUT2D eigenvalue weighted by atomic mass is 10.2. The third-order valence-corrected chi connectivity index (χ3v) is 5.07. The van der Waals surface area contributed by atoms with Crippen molar-refractivity contribution >= 4 is 15.7 Å². The fraction of sp³-hybridized carbons (Fsp3) is 0.455. The summed E-state index contributed by atoms with van der Waals surface area (Å²) in [5.74, 6) is 0. The Morgan fingerprint density at radius 2 is 1.85 bits per heavy atom. The molecule has 8 nitrogen and oxygen atoms in total. The first-order valence-electron chi connectivity index (χ1n) is 5.85. The van der Waals surface area contributed by atoms with Gasteiger partial charge in [-0.1, -0.05) is 6.07 Å². The molecule has 0 saturated carbocycles. The Morgan fingerprint density at radius 3 is 2.35 bits per heavy atom. The van der Waals surface area contributed by atoms with Crippen LogP contribution in [0.25, 0.3) is 0 Å². The van der Waals surface area contributed by atoms with Gasteiger partial charge >= 0.3 is 0 Å². The smallest absolute Gasteiger partial charge is 0.273 e. The van der Waals surface area contributed by atoms with Crippen molar-refractivity contribution in [1.82, 2.24) is 4.31 Å². The summed E-state index contributed by atoms with van der Waals surface area (Å²) in [6, 6.07) is 3.62. The van der Waals surface area contributed by atoms with E-state index in [1.807, 2.05) is 0 Å². The summed E-state index contributed by atoms with van der Waals surface area (Å²) in [7, 11) is -3.97. The Bertz CT molecular complexity index is 634. The molecule has 2 unspecified atom stereocenters. The van der Waals surface area contributed by atoms with Crippen LogP contribution < -0.4 is 0 Å². The van der Waals surface area contributed by atoms with Gasteiger partial charge in [-0.3, -0.25) is 10.1 Å². The molecule has 1 aromatic rings. The number of aliphatic hydroxyl groups excluding tert-OH is 2. The number of hydrogen-bond donors (Lipinski definition) is 2. The first kappa shape index (κ1) is 14.9. The molecule has 1 aliphatic heterocycles. The molecule has 9 heteroatoms. The highest BCUT2D eigenvalue weighted by Crippen LogP contribution is 2.26. The number of nitrogens with zero attached hydrogens (tertiary/aromatic N) is 2. The van der Waals surface area contributed by atoms with Crippen molar-refractivity contribution in [2.45, 2.75) is 24.0 Å². The highest BCUT2D eigenvalue weighted by atomic mass is 32.2. The van der Waals surface area contributed by atoms with Crippen LogP contribution in [0.15, 0.2) is 23.1 Å². The molecular weight excluding hydrogens is 288 g/mol. The van der Waals surface area contributed by atoms with E-state index in [1.165, 1.54) is 19.1 Å². The normalized spacial score (nSPS) is 23.9. The molecule has 1 aliphatic rings. The van der Waals surface area contributed by atoms with Gasteiger partial charge in [0.25, 0.3) is 5.69 Å². The lowest BCUT2D eigenvalue weighted by Crippen LogP contribution is -2.30. The van der Waals surface area contributed by atoms with Gasteiger partial charge in [-0.2, -0.15) is 4.31 Å². The second-order valence-corrected chi connectivity index (χ2v) is 6.60. The minimum absolute atomic E-state index is 0.226. The van der Waals surface area contributed by atoms with E-state index in [4.69, 9.17) is 0 Å². The van der Waals surface area contributed by atoms with Crippen LogP contribution in [-0.2, 0) is 10.0 Å². The number of benzene rings is 1. The maximum absolute atomic E-state index is 12.3. The molecule has 0 aliphatic carbocycles. The first-order valence-corrected chi connectivity index (χ1v) is 7.29. The third kappa shape index (κ3) is 2.52. The standard InChI is InChI=1S/C11H14N2O6S/c1-7-2-3-8(4-9(7)13(16)17)20(18,19)12-5-10(14)11(15)6-12/h2-4,10-11,14-15H,5-6H2,1H3. The van der Waals surface area contributed by atoms with Crippen molar-refractivity contribution in [3.05, 3.63) is 33.9 Å². The maximum atomic E-state index is 12.3. The lowest BCUT2D eigenvalue weighted by molar-refractivity contribution is -0.385. The quantitative estimate of drug-likeness (QED) is 0.580. The van der Waals surface area contributed by atoms with Gasteiger partial charge < -0.3 is 10.2 Å². The Kier molecular flexibility index (Phi) is 3.78. The summed E-state index contributed by atoms with van der Waals surface area (Å²) in [5.41, 5.74) is 0.0711. The van der Waals surface area contributed by atoms with Crippen molar-refractivity contribution in [3.63, 3.8) is 0 Å². The van der Waals surface area contributed by atoms with Gasteiger partial charge in [0, 0.05) is 24.7 Å². The van der Waals surface area contributed by atoms with Gasteiger partial charge in [0.05, 0.1) is 22.0 Å². The van der Waals surface area contributed by atoms with Crippen molar-refractivity contribution in [2.24, 2.45) is 0 Å². The Labute approximate surface area is 115 Å². The molecule has 1 fully saturated rings. The molecule has 110 valence electrons. The van der Waals surface area contributed by atoms with Gasteiger partial charge in [0.2, 0.25) is 10.0 Å². The minimum Gasteiger partial charge on any atom is -0.389 e. The third-order valence-electron chi connectivity index (χ3n) is 3.24. The SMILES string of the molecule is Cc1ccc(S(=O)(=O)N2CC(O)C(O)C2)cc1[N+](=O)[O-]. The largest absolute Gasteiger partial charge is 0.389 e. The Morgan fingerprint density at radius 1 is 1.30 bits per heavy atom. The summed E-state index contributed by atoms with van der Waals surface area (Å²) in [4.78, 5) is 9.97. The molecule has 0 radical (unpaired) electrons. The van der Waals surface area contributed by atoms with E-state index in [2.05, 4.69) is 0 Å². The molecule has 2 N–H and O–H groups in total. The summed E-state index contributed by atoms with van der Waals surface area (Å²) in [6.45, 7) is 1.05. The van der Waals surface area contributed by atoms with E-state index < -0.39 is 27.2 Å². The van der Waals surface area contributed by atoms with Crippen LogP contribution in [-0.4, -0.2) is 53.2 Å². The van der Waals surface area contributed by atoms with Crippen LogP contribution in [0.4, 0.5) is 5.69 Å². The molecule has 0 spiro atoms. The van der Waals surface area contributed by atoms with Crippen LogP contribution in [0.2, 0.25) is 0 Å². The number of aliphatic hydroxyl groups is 2. The monoisotopic (exact) mass is 302 g/mol. The van der Waals surface area contributed by atoms with Crippen LogP contribution in [0, 0.1) is 17.0 Å². The van der Waals surface area contributed by atoms with Gasteiger partial charge in [0.1, 0.15) is 0 Å². The van der Waals surface area contributed by atoms with Crippen LogP contribution in [0.5, 0.6) is 0 Å². The van der Waals surface area contributed by atoms with Crippen LogP contribution >= 0.6 is 0 Å². The fourth-order valence-corrected chi connectivity index (χ4v) is 3.52. The number of aryl methyl sites for hydroxylation is 1. The average molecular weight is 302 g/mol. The second-order valence-electron chi connectivity index (χ2n) is 4.66. The molecule has 2 atom stereocenters. The first-order chi connectivity index (χ1) is 9.23. The molecule has 0 aromatic heterocycles. The zero-order valence-electron chi connectivity index (χ0n) is 10.6. The molecular formula is C11H14N2O6S. The zero-order chi connectivity index (χ0) is 15.1. The van der Waals surface area contributed by atoms with Gasteiger partial charge in [-0.25, -0.2) is 8.42 Å². The van der Waals surface area contributed by atoms with Crippen molar-refractivity contribution in [3.8, 4) is 0 Å². The number of nitro benzene ring substituents is 1. The molecule has 1 heterocycles. The summed E-state index contributed by atoms with van der Waals surface area (Å²) in [5, 5.41) is 29.6. The Hall–Kier alpha value is -1.55. The number of sulfonamides is 1. The summed E-state index contributed by atoms with van der Waals surface area (Å²) >= 11 is 0. The average Bonchev–Trinajstić information content (AvgIpc) is 2.70. The summed E-state index contributed by atoms with van der Waals surface area (Å²) < 4.78 is 25.5. The van der Waals surface area contributed by atoms with Gasteiger partial charge in [-0.15, -0.1) is 0 Å². The van der Waals surface area contributed by atoms with E-state index in [0.29, 0.717) is 5.56 Å². The molecule has 0 bridgehead atoms. The zero-order valence-corrected chi connectivity index (χ0v) is 11.4. The Balaban J connectivity index is 2.40. The van der Waals surface area contributed by atoms with E-state index in [1.54, 1.807) is 0 Å². The highest BCUT2D eigenvalue weighted by molar-refractivity contribution is 7.89. The van der Waals surface area contributed by atoms with E-state index in [9.17, 15) is 28.7 Å². The lowest BCUT2D eigenvalue weighted by Gasteiger charge is -2.15. The maximum Gasteiger partial charge on any atom is 0.273 e. The topological polar surface area (TPSA) is 121 Å². The molecule has 1 saturated heterocycles. The van der Waals surface area contributed by atoms with Crippen molar-refractivity contribution in [2.75, 3.05) is 13.1 Å². The molecule has 1 aromatic carbocycles. The van der Waals surface area contributed by atoms with Gasteiger partial charge in [0.15, 0.2) is 0 Å². The second kappa shape index (κ2) is 5.09. The van der Waals surface area contributed by atoms with Crippen molar-refractivity contribution in [1.29, 1.82) is 0 Å². The predicted octanol–water partition coefficient (Wildman–Crippen LogP) is -0.371. The van der Waals surface area contributed by atoms with Crippen LogP contribution in [0.1, 0.15) is 5.56 Å². The van der Waals surface area contributed by atoms with E-state index >= 15 is 0 Å². The number of nitro groups is 1. The fourth-order valence-electron chi connectivity index (χ4n) is 2.03. The number of β-amino-alcohol motifs (C(OH)–C–C–N with tert-alkyl or cyclic N) is 2.